The first-order valence-corrected chi connectivity index (χ1v) is 12.3. The largest absolute Gasteiger partial charge is 0.360 e. The van der Waals surface area contributed by atoms with Gasteiger partial charge in [-0.15, -0.1) is 0 Å². The van der Waals surface area contributed by atoms with Crippen LogP contribution in [-0.2, 0) is 27.9 Å². The number of carbonyl (C=O) groups is 1. The van der Waals surface area contributed by atoms with Crippen molar-refractivity contribution in [3.05, 3.63) is 46.8 Å². The van der Waals surface area contributed by atoms with Crippen molar-refractivity contribution < 1.29 is 17.7 Å². The van der Waals surface area contributed by atoms with Gasteiger partial charge in [-0.3, -0.25) is 9.69 Å². The average Bonchev–Trinajstić information content (AvgIpc) is 2.91. The minimum absolute atomic E-state index is 0.0212. The third kappa shape index (κ3) is 6.38. The van der Waals surface area contributed by atoms with Crippen LogP contribution in [0.3, 0.4) is 0 Å². The fourth-order valence-electron chi connectivity index (χ4n) is 3.86. The van der Waals surface area contributed by atoms with Gasteiger partial charge in [-0.2, -0.15) is 4.72 Å². The number of hydrogen-bond acceptors (Lipinski definition) is 6. The molecule has 0 unspecified atom stereocenters. The van der Waals surface area contributed by atoms with E-state index in [2.05, 4.69) is 32.2 Å². The van der Waals surface area contributed by atoms with E-state index >= 15 is 0 Å². The van der Waals surface area contributed by atoms with E-state index in [0.717, 1.165) is 25.2 Å². The van der Waals surface area contributed by atoms with Crippen molar-refractivity contribution in [3.63, 3.8) is 0 Å². The second-order valence-corrected chi connectivity index (χ2v) is 9.87. The lowest BCUT2D eigenvalue weighted by atomic mass is 10.1. The van der Waals surface area contributed by atoms with Gasteiger partial charge in [-0.05, 0) is 57.8 Å². The molecule has 2 aromatic rings. The number of likely N-dealkylation sites (tertiary alicyclic amines) is 1. The molecular weight excluding hydrogens is 416 g/mol. The zero-order valence-electron chi connectivity index (χ0n) is 18.5. The number of aromatic nitrogens is 1. The number of rotatable bonds is 8. The maximum absolute atomic E-state index is 12.6. The molecule has 0 spiro atoms. The van der Waals surface area contributed by atoms with E-state index in [4.69, 9.17) is 4.52 Å². The zero-order chi connectivity index (χ0) is 22.4. The molecule has 3 rings (SSSR count). The van der Waals surface area contributed by atoms with Gasteiger partial charge in [0.2, 0.25) is 15.9 Å². The Labute approximate surface area is 184 Å². The summed E-state index contributed by atoms with van der Waals surface area (Å²) in [6, 6.07) is 7.27. The van der Waals surface area contributed by atoms with Gasteiger partial charge in [0.25, 0.3) is 0 Å². The molecule has 1 amide bonds. The summed E-state index contributed by atoms with van der Waals surface area (Å²) < 4.78 is 32.4. The quantitative estimate of drug-likeness (QED) is 0.643. The van der Waals surface area contributed by atoms with Crippen molar-refractivity contribution in [1.82, 2.24) is 20.1 Å². The lowest BCUT2D eigenvalue weighted by Gasteiger charge is -2.20. The van der Waals surface area contributed by atoms with Crippen molar-refractivity contribution in [1.29, 1.82) is 0 Å². The van der Waals surface area contributed by atoms with E-state index in [0.29, 0.717) is 6.54 Å². The fourth-order valence-corrected chi connectivity index (χ4v) is 5.39. The van der Waals surface area contributed by atoms with Crippen molar-refractivity contribution >= 4 is 15.9 Å². The van der Waals surface area contributed by atoms with Crippen molar-refractivity contribution in [2.45, 2.75) is 70.5 Å². The van der Waals surface area contributed by atoms with E-state index in [-0.39, 0.29) is 16.3 Å². The van der Waals surface area contributed by atoms with Gasteiger partial charge in [0.05, 0.1) is 6.04 Å². The number of nitrogens with zero attached hydrogens (tertiary/aromatic N) is 2. The Morgan fingerprint density at radius 1 is 1.10 bits per heavy atom. The lowest BCUT2D eigenvalue weighted by Crippen LogP contribution is -2.44. The summed E-state index contributed by atoms with van der Waals surface area (Å²) in [4.78, 5) is 14.9. The van der Waals surface area contributed by atoms with E-state index in [9.17, 15) is 13.2 Å². The highest BCUT2D eigenvalue weighted by Gasteiger charge is 2.28. The minimum Gasteiger partial charge on any atom is -0.360 e. The maximum atomic E-state index is 12.6. The second kappa shape index (κ2) is 10.4. The summed E-state index contributed by atoms with van der Waals surface area (Å²) >= 11 is 0. The summed E-state index contributed by atoms with van der Waals surface area (Å²) in [5.41, 5.74) is 2.49. The molecule has 170 valence electrons. The Balaban J connectivity index is 1.50. The fraction of sp³-hybridized carbons (Fsp3) is 0.545. The smallest absolute Gasteiger partial charge is 0.246 e. The standard InChI is InChI=1S/C22H32N4O4S/c1-16-21(18(3)30-24-16)31(28,29)25-17(2)22(27)23-14-19-8-10-20(11-9-19)15-26-12-6-4-5-7-13-26/h8-11,17,25H,4-7,12-15H2,1-3H3,(H,23,27)/t17-/m0/s1. The van der Waals surface area contributed by atoms with E-state index < -0.39 is 22.0 Å². The topological polar surface area (TPSA) is 105 Å². The molecule has 1 atom stereocenters. The second-order valence-electron chi connectivity index (χ2n) is 8.22. The van der Waals surface area contributed by atoms with Gasteiger partial charge in [0.15, 0.2) is 5.76 Å². The first-order chi connectivity index (χ1) is 14.8. The Bertz CT molecular complexity index is 958. The SMILES string of the molecule is Cc1noc(C)c1S(=O)(=O)N[C@@H](C)C(=O)NCc1ccc(CN2CCCCCC2)cc1. The van der Waals surface area contributed by atoms with Crippen LogP contribution in [0.2, 0.25) is 0 Å². The number of benzene rings is 1. The van der Waals surface area contributed by atoms with Gasteiger partial charge >= 0.3 is 0 Å². The number of amides is 1. The molecule has 1 fully saturated rings. The summed E-state index contributed by atoms with van der Waals surface area (Å²) in [7, 11) is -3.90. The molecule has 1 aromatic carbocycles. The van der Waals surface area contributed by atoms with Crippen LogP contribution < -0.4 is 10.0 Å². The highest BCUT2D eigenvalue weighted by molar-refractivity contribution is 7.89. The van der Waals surface area contributed by atoms with Crippen LogP contribution in [0, 0.1) is 13.8 Å². The third-order valence-corrected chi connectivity index (χ3v) is 7.34. The van der Waals surface area contributed by atoms with Crippen LogP contribution in [0.4, 0.5) is 0 Å². The van der Waals surface area contributed by atoms with Gasteiger partial charge in [-0.1, -0.05) is 42.3 Å². The number of carbonyl (C=O) groups excluding carboxylic acids is 1. The molecule has 0 bridgehead atoms. The summed E-state index contributed by atoms with van der Waals surface area (Å²) in [5, 5.41) is 6.45. The number of sulfonamides is 1. The average molecular weight is 449 g/mol. The first kappa shape index (κ1) is 23.4. The number of nitrogens with one attached hydrogen (secondary N) is 2. The molecule has 0 aliphatic carbocycles. The molecule has 1 aliphatic rings. The van der Waals surface area contributed by atoms with E-state index in [1.165, 1.54) is 45.1 Å². The van der Waals surface area contributed by atoms with Crippen molar-refractivity contribution in [2.75, 3.05) is 13.1 Å². The van der Waals surface area contributed by atoms with Crippen molar-refractivity contribution in [2.24, 2.45) is 0 Å². The number of hydrogen-bond donors (Lipinski definition) is 2. The molecule has 9 heteroatoms. The minimum atomic E-state index is -3.90. The van der Waals surface area contributed by atoms with Gasteiger partial charge in [0.1, 0.15) is 10.6 Å². The third-order valence-electron chi connectivity index (χ3n) is 5.56. The molecule has 31 heavy (non-hydrogen) atoms. The highest BCUT2D eigenvalue weighted by Crippen LogP contribution is 2.19. The van der Waals surface area contributed by atoms with Crippen LogP contribution in [0.25, 0.3) is 0 Å². The molecule has 0 saturated carbocycles. The molecule has 1 saturated heterocycles. The van der Waals surface area contributed by atoms with E-state index in [1.54, 1.807) is 6.92 Å². The molecular formula is C22H32N4O4S. The molecule has 1 aromatic heterocycles. The summed E-state index contributed by atoms with van der Waals surface area (Å²) in [5.74, 6) is -0.207. The van der Waals surface area contributed by atoms with Crippen molar-refractivity contribution in [3.8, 4) is 0 Å². The Morgan fingerprint density at radius 2 is 1.71 bits per heavy atom. The highest BCUT2D eigenvalue weighted by atomic mass is 32.2. The predicted octanol–water partition coefficient (Wildman–Crippen LogP) is 2.65. The zero-order valence-corrected chi connectivity index (χ0v) is 19.3. The monoisotopic (exact) mass is 448 g/mol. The van der Waals surface area contributed by atoms with Crippen LogP contribution >= 0.6 is 0 Å². The van der Waals surface area contributed by atoms with Crippen LogP contribution in [-0.4, -0.2) is 43.5 Å². The Kier molecular flexibility index (Phi) is 7.85. The van der Waals surface area contributed by atoms with Gasteiger partial charge in [-0.25, -0.2) is 8.42 Å². The lowest BCUT2D eigenvalue weighted by molar-refractivity contribution is -0.122. The maximum Gasteiger partial charge on any atom is 0.246 e. The van der Waals surface area contributed by atoms with Crippen LogP contribution in [0.1, 0.15) is 55.2 Å². The Morgan fingerprint density at radius 3 is 2.29 bits per heavy atom. The van der Waals surface area contributed by atoms with E-state index in [1.807, 2.05) is 12.1 Å². The molecule has 2 N–H and O–H groups in total. The normalized spacial score (nSPS) is 16.6. The first-order valence-electron chi connectivity index (χ1n) is 10.8. The molecule has 0 radical (unpaired) electrons. The summed E-state index contributed by atoms with van der Waals surface area (Å²) in [6.07, 6.45) is 5.17. The van der Waals surface area contributed by atoms with Crippen LogP contribution in [0.5, 0.6) is 0 Å². The Hall–Kier alpha value is -2.23. The van der Waals surface area contributed by atoms with Gasteiger partial charge in [0, 0.05) is 13.1 Å². The van der Waals surface area contributed by atoms with Gasteiger partial charge < -0.3 is 9.84 Å². The number of aryl methyl sites for hydroxylation is 2. The molecule has 1 aliphatic heterocycles. The molecule has 2 heterocycles. The summed E-state index contributed by atoms with van der Waals surface area (Å²) in [6.45, 7) is 8.17. The molecule has 8 nitrogen and oxygen atoms in total. The predicted molar refractivity (Wildman–Crippen MR) is 118 cm³/mol. The van der Waals surface area contributed by atoms with Crippen LogP contribution in [0.15, 0.2) is 33.7 Å².